The minimum absolute atomic E-state index is 0.104. The first-order valence-corrected chi connectivity index (χ1v) is 8.67. The number of carbonyl (C=O) groups is 1. The van der Waals surface area contributed by atoms with Crippen molar-refractivity contribution in [3.05, 3.63) is 61.9 Å². The number of halogens is 2. The van der Waals surface area contributed by atoms with Crippen molar-refractivity contribution in [3.8, 4) is 0 Å². The quantitative estimate of drug-likeness (QED) is 0.644. The molecular weight excluding hydrogens is 443 g/mol. The second kappa shape index (κ2) is 6.44. The minimum atomic E-state index is 0.104. The number of nitrogens with zero attached hydrogens (tertiary/aromatic N) is 2. The Bertz CT molecular complexity index is 659. The number of hydrogen-bond acceptors (Lipinski definition) is 2. The van der Waals surface area contributed by atoms with Gasteiger partial charge in [0.25, 0.3) is 5.91 Å². The zero-order valence-corrected chi connectivity index (χ0v) is 15.0. The third-order valence-electron chi connectivity index (χ3n) is 3.48. The molecule has 0 bridgehead atoms. The first-order chi connectivity index (χ1) is 10.1. The lowest BCUT2D eigenvalue weighted by Crippen LogP contribution is -2.33. The van der Waals surface area contributed by atoms with Gasteiger partial charge in [0.15, 0.2) is 0 Å². The lowest BCUT2D eigenvalue weighted by Gasteiger charge is -2.23. The highest BCUT2D eigenvalue weighted by atomic mass is 127. The van der Waals surface area contributed by atoms with Gasteiger partial charge in [-0.15, -0.1) is 0 Å². The number of pyridine rings is 1. The molecule has 1 heterocycles. The summed E-state index contributed by atoms with van der Waals surface area (Å²) in [6, 6.07) is 10.1. The van der Waals surface area contributed by atoms with Crippen LogP contribution in [0.4, 0.5) is 0 Å². The Labute approximate surface area is 146 Å². The van der Waals surface area contributed by atoms with Crippen LogP contribution in [0.2, 0.25) is 0 Å². The van der Waals surface area contributed by atoms with Gasteiger partial charge in [-0.3, -0.25) is 9.78 Å². The van der Waals surface area contributed by atoms with Crippen molar-refractivity contribution in [3.63, 3.8) is 0 Å². The van der Waals surface area contributed by atoms with Gasteiger partial charge in [-0.25, -0.2) is 0 Å². The van der Waals surface area contributed by atoms with Gasteiger partial charge < -0.3 is 4.90 Å². The van der Waals surface area contributed by atoms with E-state index in [9.17, 15) is 4.79 Å². The molecule has 0 spiro atoms. The average Bonchev–Trinajstić information content (AvgIpc) is 3.32. The smallest absolute Gasteiger partial charge is 0.255 e. The normalized spacial score (nSPS) is 14.0. The highest BCUT2D eigenvalue weighted by Crippen LogP contribution is 2.31. The Morgan fingerprint density at radius 1 is 1.38 bits per heavy atom. The Morgan fingerprint density at radius 3 is 2.86 bits per heavy atom. The van der Waals surface area contributed by atoms with Gasteiger partial charge in [0.1, 0.15) is 0 Å². The predicted octanol–water partition coefficient (Wildman–Crippen LogP) is 4.25. The predicted molar refractivity (Wildman–Crippen MR) is 94.0 cm³/mol. The van der Waals surface area contributed by atoms with Crippen LogP contribution in [0.25, 0.3) is 0 Å². The van der Waals surface area contributed by atoms with Gasteiger partial charge in [0.05, 0.1) is 5.56 Å². The Balaban J connectivity index is 1.87. The van der Waals surface area contributed by atoms with Crippen molar-refractivity contribution in [2.75, 3.05) is 0 Å². The molecule has 21 heavy (non-hydrogen) atoms. The molecule has 1 fully saturated rings. The zero-order valence-electron chi connectivity index (χ0n) is 11.3. The van der Waals surface area contributed by atoms with Crippen molar-refractivity contribution < 1.29 is 4.79 Å². The molecule has 1 aromatic carbocycles. The van der Waals surface area contributed by atoms with E-state index in [2.05, 4.69) is 43.5 Å². The Kier molecular flexibility index (Phi) is 4.59. The van der Waals surface area contributed by atoms with Gasteiger partial charge in [-0.1, -0.05) is 22.0 Å². The Morgan fingerprint density at radius 2 is 2.19 bits per heavy atom. The number of benzene rings is 1. The molecule has 0 N–H and O–H groups in total. The van der Waals surface area contributed by atoms with E-state index >= 15 is 0 Å². The lowest BCUT2D eigenvalue weighted by atomic mass is 10.1. The summed E-state index contributed by atoms with van der Waals surface area (Å²) in [6.07, 6.45) is 5.77. The van der Waals surface area contributed by atoms with Crippen LogP contribution in [0, 0.1) is 3.57 Å². The monoisotopic (exact) mass is 456 g/mol. The van der Waals surface area contributed by atoms with E-state index in [-0.39, 0.29) is 5.91 Å². The van der Waals surface area contributed by atoms with Gasteiger partial charge >= 0.3 is 0 Å². The molecule has 108 valence electrons. The SMILES string of the molecule is O=C(c1cc(Br)ccc1I)N(Cc1cccnc1)C1CC1. The van der Waals surface area contributed by atoms with Crippen LogP contribution >= 0.6 is 38.5 Å². The molecule has 1 aliphatic carbocycles. The molecule has 2 aromatic rings. The Hall–Kier alpha value is -0.950. The molecule has 1 aliphatic rings. The molecule has 0 radical (unpaired) electrons. The molecule has 0 aliphatic heterocycles. The minimum Gasteiger partial charge on any atom is -0.331 e. The van der Waals surface area contributed by atoms with Crippen LogP contribution in [-0.4, -0.2) is 21.8 Å². The first kappa shape index (κ1) is 15.0. The van der Waals surface area contributed by atoms with Crippen LogP contribution in [0.1, 0.15) is 28.8 Å². The summed E-state index contributed by atoms with van der Waals surface area (Å²) in [5, 5.41) is 0. The third kappa shape index (κ3) is 3.63. The van der Waals surface area contributed by atoms with Crippen LogP contribution in [0.5, 0.6) is 0 Å². The van der Waals surface area contributed by atoms with E-state index < -0.39 is 0 Å². The van der Waals surface area contributed by atoms with Gasteiger partial charge in [-0.2, -0.15) is 0 Å². The summed E-state index contributed by atoms with van der Waals surface area (Å²) in [4.78, 5) is 19.0. The number of rotatable bonds is 4. The second-order valence-electron chi connectivity index (χ2n) is 5.15. The molecule has 1 amide bonds. The number of aromatic nitrogens is 1. The average molecular weight is 457 g/mol. The fraction of sp³-hybridized carbons (Fsp3) is 0.250. The molecule has 5 heteroatoms. The topological polar surface area (TPSA) is 33.2 Å². The highest BCUT2D eigenvalue weighted by Gasteiger charge is 2.33. The van der Waals surface area contributed by atoms with Crippen molar-refractivity contribution in [2.45, 2.75) is 25.4 Å². The summed E-state index contributed by atoms with van der Waals surface area (Å²) in [5.74, 6) is 0.104. The highest BCUT2D eigenvalue weighted by molar-refractivity contribution is 14.1. The van der Waals surface area contributed by atoms with Crippen LogP contribution in [-0.2, 0) is 6.54 Å². The van der Waals surface area contributed by atoms with Crippen molar-refractivity contribution in [1.29, 1.82) is 0 Å². The van der Waals surface area contributed by atoms with Gasteiger partial charge in [-0.05, 0) is 65.3 Å². The van der Waals surface area contributed by atoms with E-state index in [1.54, 1.807) is 6.20 Å². The maximum atomic E-state index is 12.9. The standard InChI is InChI=1S/C16H14BrIN2O/c17-12-3-6-15(18)14(8-12)16(21)20(13-4-5-13)10-11-2-1-7-19-9-11/h1-3,6-9,13H,4-5,10H2. The molecule has 0 unspecified atom stereocenters. The summed E-state index contributed by atoms with van der Waals surface area (Å²) < 4.78 is 1.92. The molecular formula is C16H14BrIN2O. The van der Waals surface area contributed by atoms with Gasteiger partial charge in [0, 0.05) is 33.0 Å². The van der Waals surface area contributed by atoms with Crippen molar-refractivity contribution >= 4 is 44.4 Å². The number of hydrogen-bond donors (Lipinski definition) is 0. The molecule has 1 saturated carbocycles. The maximum Gasteiger partial charge on any atom is 0.255 e. The lowest BCUT2D eigenvalue weighted by molar-refractivity contribution is 0.0728. The van der Waals surface area contributed by atoms with E-state index in [1.807, 2.05) is 41.4 Å². The van der Waals surface area contributed by atoms with Gasteiger partial charge in [0.2, 0.25) is 0 Å². The fourth-order valence-electron chi connectivity index (χ4n) is 2.26. The molecule has 3 nitrogen and oxygen atoms in total. The van der Waals surface area contributed by atoms with E-state index in [0.717, 1.165) is 32.0 Å². The number of amides is 1. The van der Waals surface area contributed by atoms with Crippen LogP contribution in [0.3, 0.4) is 0 Å². The molecule has 3 rings (SSSR count). The van der Waals surface area contributed by atoms with Crippen LogP contribution in [0.15, 0.2) is 47.2 Å². The second-order valence-corrected chi connectivity index (χ2v) is 7.23. The summed E-state index contributed by atoms with van der Waals surface area (Å²) in [7, 11) is 0. The van der Waals surface area contributed by atoms with E-state index in [1.165, 1.54) is 0 Å². The molecule has 0 saturated heterocycles. The van der Waals surface area contributed by atoms with E-state index in [4.69, 9.17) is 0 Å². The van der Waals surface area contributed by atoms with Crippen molar-refractivity contribution in [1.82, 2.24) is 9.88 Å². The van der Waals surface area contributed by atoms with E-state index in [0.29, 0.717) is 12.6 Å². The van der Waals surface area contributed by atoms with Crippen LogP contribution < -0.4 is 0 Å². The summed E-state index contributed by atoms with van der Waals surface area (Å²) in [5.41, 5.74) is 1.84. The number of carbonyl (C=O) groups excluding carboxylic acids is 1. The summed E-state index contributed by atoms with van der Waals surface area (Å²) >= 11 is 5.67. The fourth-order valence-corrected chi connectivity index (χ4v) is 3.18. The summed E-state index contributed by atoms with van der Waals surface area (Å²) in [6.45, 7) is 0.625. The maximum absolute atomic E-state index is 12.9. The molecule has 1 aromatic heterocycles. The largest absolute Gasteiger partial charge is 0.331 e. The third-order valence-corrected chi connectivity index (χ3v) is 4.92. The zero-order chi connectivity index (χ0) is 14.8. The van der Waals surface area contributed by atoms with Crippen molar-refractivity contribution in [2.24, 2.45) is 0 Å². The molecule has 0 atom stereocenters. The first-order valence-electron chi connectivity index (χ1n) is 6.80.